The summed E-state index contributed by atoms with van der Waals surface area (Å²) in [5.74, 6) is 0. The Labute approximate surface area is 385 Å². The number of rotatable bonds is 0. The lowest BCUT2D eigenvalue weighted by molar-refractivity contribution is 0.566. The zero-order valence-corrected chi connectivity index (χ0v) is 41.6. The van der Waals surface area contributed by atoms with Gasteiger partial charge in [-0.15, -0.1) is 0 Å². The summed E-state index contributed by atoms with van der Waals surface area (Å²) in [5.41, 5.74) is 0. The second-order valence-electron chi connectivity index (χ2n) is 19.4. The molecule has 0 saturated carbocycles. The van der Waals surface area contributed by atoms with Crippen molar-refractivity contribution in [1.82, 2.24) is 0 Å². The van der Waals surface area contributed by atoms with Crippen LogP contribution in [0.2, 0.25) is 0 Å². The molecule has 0 bridgehead atoms. The van der Waals surface area contributed by atoms with Crippen molar-refractivity contribution < 1.29 is 0 Å². The van der Waals surface area contributed by atoms with Gasteiger partial charge in [-0.05, 0) is 154 Å². The molecule has 0 heterocycles. The molecule has 0 radical (unpaired) electrons. The van der Waals surface area contributed by atoms with Crippen molar-refractivity contribution in [3.05, 3.63) is 72.9 Å². The number of allylic oxidation sites excluding steroid dienone is 12. The molecule has 0 aromatic heterocycles. The Morgan fingerprint density at radius 1 is 0.0820 bits per heavy atom. The van der Waals surface area contributed by atoms with Crippen LogP contribution in [0.5, 0.6) is 0 Å². The van der Waals surface area contributed by atoms with Crippen LogP contribution < -0.4 is 0 Å². The molecule has 0 amide bonds. The largest absolute Gasteiger partial charge is 0.0885 e. The van der Waals surface area contributed by atoms with E-state index in [1.165, 1.54) is 315 Å². The molecule has 0 aliphatic heterocycles. The van der Waals surface area contributed by atoms with Crippen molar-refractivity contribution >= 4 is 0 Å². The van der Waals surface area contributed by atoms with Gasteiger partial charge in [-0.25, -0.2) is 0 Å². The Morgan fingerprint density at radius 3 is 0.230 bits per heavy atom. The van der Waals surface area contributed by atoms with Crippen LogP contribution >= 0.6 is 0 Å². The van der Waals surface area contributed by atoms with Gasteiger partial charge >= 0.3 is 0 Å². The van der Waals surface area contributed by atoms with Gasteiger partial charge in [0, 0.05) is 0 Å². The second-order valence-corrected chi connectivity index (χ2v) is 19.4. The molecular formula is C61H110. The van der Waals surface area contributed by atoms with Crippen LogP contribution in [-0.4, -0.2) is 0 Å². The van der Waals surface area contributed by atoms with E-state index in [-0.39, 0.29) is 0 Å². The highest BCUT2D eigenvalue weighted by atomic mass is 14.0. The normalized spacial score (nSPS) is 22.4. The van der Waals surface area contributed by atoms with Gasteiger partial charge in [0.2, 0.25) is 0 Å². The van der Waals surface area contributed by atoms with E-state index in [0.29, 0.717) is 0 Å². The minimum Gasteiger partial charge on any atom is -0.0885 e. The van der Waals surface area contributed by atoms with Gasteiger partial charge in [-0.1, -0.05) is 233 Å². The molecule has 0 saturated heterocycles. The topological polar surface area (TPSA) is 0 Å². The predicted molar refractivity (Wildman–Crippen MR) is 281 cm³/mol. The molecule has 0 N–H and O–H groups in total. The molecule has 0 aromatic rings. The first-order valence-corrected chi connectivity index (χ1v) is 28.4. The molecule has 0 aromatic carbocycles. The van der Waals surface area contributed by atoms with E-state index in [2.05, 4.69) is 72.9 Å². The van der Waals surface area contributed by atoms with Gasteiger partial charge < -0.3 is 0 Å². The molecule has 0 unspecified atom stereocenters. The van der Waals surface area contributed by atoms with E-state index in [9.17, 15) is 0 Å². The van der Waals surface area contributed by atoms with E-state index < -0.39 is 0 Å². The minimum atomic E-state index is 1.32. The Morgan fingerprint density at radius 2 is 0.148 bits per heavy atom. The molecule has 0 nitrogen and oxygen atoms in total. The van der Waals surface area contributed by atoms with Gasteiger partial charge in [0.15, 0.2) is 0 Å². The Kier molecular flexibility index (Phi) is 51.4. The smallest absolute Gasteiger partial charge is 0.0351 e. The zero-order chi connectivity index (χ0) is 43.1. The predicted octanol–water partition coefficient (Wildman–Crippen LogP) is 22.5. The molecule has 61 heavy (non-hydrogen) atoms. The van der Waals surface area contributed by atoms with E-state index >= 15 is 0 Å². The highest BCUT2D eigenvalue weighted by molar-refractivity contribution is 4.85. The molecule has 354 valence electrons. The van der Waals surface area contributed by atoms with Crippen LogP contribution in [0.4, 0.5) is 0 Å². The lowest BCUT2D eigenvalue weighted by Crippen LogP contribution is -1.82. The summed E-state index contributed by atoms with van der Waals surface area (Å²) in [7, 11) is 0. The number of hydrogen-bond donors (Lipinski definition) is 0. The Bertz CT molecular complexity index is 874. The van der Waals surface area contributed by atoms with Crippen LogP contribution in [0.1, 0.15) is 315 Å². The van der Waals surface area contributed by atoms with Crippen LogP contribution in [0, 0.1) is 0 Å². The van der Waals surface area contributed by atoms with Crippen molar-refractivity contribution in [2.75, 3.05) is 0 Å². The van der Waals surface area contributed by atoms with E-state index in [4.69, 9.17) is 0 Å². The third-order valence-corrected chi connectivity index (χ3v) is 13.2. The summed E-state index contributed by atoms with van der Waals surface area (Å²) in [6, 6.07) is 0. The monoisotopic (exact) mass is 843 g/mol. The Balaban J connectivity index is 0.000000368. The summed E-state index contributed by atoms with van der Waals surface area (Å²) in [6.45, 7) is 0. The molecule has 0 spiro atoms. The maximum absolute atomic E-state index is 2.38. The highest BCUT2D eigenvalue weighted by Crippen LogP contribution is 2.16. The van der Waals surface area contributed by atoms with Gasteiger partial charge in [0.05, 0.1) is 0 Å². The first kappa shape index (κ1) is 57.5. The average molecular weight is 844 g/mol. The van der Waals surface area contributed by atoms with Crippen LogP contribution in [-0.2, 0) is 0 Å². The first-order chi connectivity index (χ1) is 30.5. The molecule has 0 fully saturated rings. The van der Waals surface area contributed by atoms with E-state index in [1.807, 2.05) is 0 Å². The summed E-state index contributed by atoms with van der Waals surface area (Å²) >= 11 is 0. The van der Waals surface area contributed by atoms with Gasteiger partial charge in [0.1, 0.15) is 0 Å². The average Bonchev–Trinajstić information content (AvgIpc) is 3.31. The maximum atomic E-state index is 2.38. The van der Waals surface area contributed by atoms with E-state index in [0.717, 1.165) is 0 Å². The number of hydrogen-bond acceptors (Lipinski definition) is 0. The molecule has 0 heteroatoms. The lowest BCUT2D eigenvalue weighted by atomic mass is 10.0. The van der Waals surface area contributed by atoms with Crippen molar-refractivity contribution in [1.29, 1.82) is 0 Å². The molecule has 0 atom stereocenters. The van der Waals surface area contributed by atoms with E-state index in [1.54, 1.807) is 0 Å². The summed E-state index contributed by atoms with van der Waals surface area (Å²) in [6.07, 6.45) is 97.5. The molecule has 6 aliphatic rings. The quantitative estimate of drug-likeness (QED) is 0.213. The van der Waals surface area contributed by atoms with Crippen LogP contribution in [0.15, 0.2) is 72.9 Å². The SMILES string of the molecule is C1=CCCCCCC1.C1=CCCCCCCC1.C1=CCCCCCCCC1.C1=CCCCCCCCCC1.C1=CCCCCCCCCC1.C1=CCCCCCCCCCC1. The molecule has 6 aliphatic carbocycles. The maximum Gasteiger partial charge on any atom is -0.0351 e. The summed E-state index contributed by atoms with van der Waals surface area (Å²) in [4.78, 5) is 0. The van der Waals surface area contributed by atoms with Crippen LogP contribution in [0.3, 0.4) is 0 Å². The standard InChI is InChI=1S/C12H22.2C11H20.C10H18.C9H16.C8H14/c1-2-4-6-8-10-12-11-9-7-5-3-1;2*1-2-4-6-8-10-11-9-7-5-3-1;1-2-4-6-8-10-9-7-5-3-1;1-2-4-6-8-9-7-5-3-1;1-2-4-6-8-7-5-3-1/h1-2H,3-12H2;2*1-2H,3-11H2;1-2H,3-10H2;1-2H,3-9H2;1-2H,3-8H2. The molecular weight excluding hydrogens is 733 g/mol. The van der Waals surface area contributed by atoms with Crippen molar-refractivity contribution in [2.24, 2.45) is 0 Å². The second kappa shape index (κ2) is 54.6. The van der Waals surface area contributed by atoms with Gasteiger partial charge in [-0.3, -0.25) is 0 Å². The van der Waals surface area contributed by atoms with Crippen molar-refractivity contribution in [2.45, 2.75) is 315 Å². The third-order valence-electron chi connectivity index (χ3n) is 13.2. The highest BCUT2D eigenvalue weighted by Gasteiger charge is 1.96. The fourth-order valence-corrected chi connectivity index (χ4v) is 8.98. The third kappa shape index (κ3) is 52.7. The Hall–Kier alpha value is -1.56. The summed E-state index contributed by atoms with van der Waals surface area (Å²) < 4.78 is 0. The fourth-order valence-electron chi connectivity index (χ4n) is 8.98. The van der Waals surface area contributed by atoms with Crippen LogP contribution in [0.25, 0.3) is 0 Å². The minimum absolute atomic E-state index is 1.32. The summed E-state index contributed by atoms with van der Waals surface area (Å²) in [5, 5.41) is 0. The lowest BCUT2D eigenvalue weighted by Gasteiger charge is -2.02. The van der Waals surface area contributed by atoms with Gasteiger partial charge in [0.25, 0.3) is 0 Å². The fraction of sp³-hybridized carbons (Fsp3) is 0.803. The van der Waals surface area contributed by atoms with Gasteiger partial charge in [-0.2, -0.15) is 0 Å². The first-order valence-electron chi connectivity index (χ1n) is 28.4. The van der Waals surface area contributed by atoms with Crippen molar-refractivity contribution in [3.63, 3.8) is 0 Å². The van der Waals surface area contributed by atoms with Crippen molar-refractivity contribution in [3.8, 4) is 0 Å². The molecule has 6 rings (SSSR count). The zero-order valence-electron chi connectivity index (χ0n) is 41.6.